The van der Waals surface area contributed by atoms with Crippen molar-refractivity contribution in [2.75, 3.05) is 56.2 Å². The number of hydrogen-bond donors (Lipinski definition) is 2. The average molecular weight is 583 g/mol. The number of nitrogens with one attached hydrogen (secondary N) is 2. The highest BCUT2D eigenvalue weighted by Crippen LogP contribution is 2.40. The minimum Gasteiger partial charge on any atom is -0.475 e. The van der Waals surface area contributed by atoms with E-state index in [-0.39, 0.29) is 6.04 Å². The molecule has 2 aromatic heterocycles. The molecule has 2 N–H and O–H groups in total. The Balaban J connectivity index is 1.29. The van der Waals surface area contributed by atoms with Crippen molar-refractivity contribution in [3.8, 4) is 11.9 Å². The maximum atomic E-state index is 10.5. The van der Waals surface area contributed by atoms with Crippen molar-refractivity contribution in [2.24, 2.45) is 0 Å². The van der Waals surface area contributed by atoms with Crippen LogP contribution in [0.15, 0.2) is 48.9 Å². The van der Waals surface area contributed by atoms with Gasteiger partial charge < -0.3 is 29.7 Å². The predicted molar refractivity (Wildman–Crippen MR) is 165 cm³/mol. The molecule has 2 saturated heterocycles. The number of nitrogens with zero attached hydrogens (tertiary/aromatic N) is 6. The number of benzene rings is 2. The lowest BCUT2D eigenvalue weighted by atomic mass is 9.94. The number of pyridine rings is 1. The molecule has 9 nitrogen and oxygen atoms in total. The van der Waals surface area contributed by atoms with E-state index in [1.165, 1.54) is 0 Å². The topological polar surface area (TPSA) is 96.3 Å². The molecular formula is C32H35ClN8O. The Labute approximate surface area is 251 Å². The van der Waals surface area contributed by atoms with Gasteiger partial charge in [-0.1, -0.05) is 35.9 Å². The zero-order chi connectivity index (χ0) is 28.6. The second-order valence-electron chi connectivity index (χ2n) is 11.5. The lowest BCUT2D eigenvalue weighted by Crippen LogP contribution is -2.47. The van der Waals surface area contributed by atoms with Crippen LogP contribution in [-0.4, -0.2) is 72.3 Å². The normalized spacial score (nSPS) is 21.0. The summed E-state index contributed by atoms with van der Waals surface area (Å²) in [6.07, 6.45) is 6.63. The molecule has 42 heavy (non-hydrogen) atoms. The molecule has 2 aromatic carbocycles. The summed E-state index contributed by atoms with van der Waals surface area (Å²) >= 11 is 6.73. The van der Waals surface area contributed by atoms with Gasteiger partial charge in [-0.2, -0.15) is 10.2 Å². The van der Waals surface area contributed by atoms with Crippen LogP contribution in [0.2, 0.25) is 5.02 Å². The molecule has 10 heteroatoms. The molecule has 7 rings (SSSR count). The van der Waals surface area contributed by atoms with Crippen LogP contribution in [0.5, 0.6) is 5.88 Å². The van der Waals surface area contributed by atoms with Crippen molar-refractivity contribution in [1.82, 2.24) is 25.2 Å². The summed E-state index contributed by atoms with van der Waals surface area (Å²) in [4.78, 5) is 19.6. The van der Waals surface area contributed by atoms with E-state index in [4.69, 9.17) is 21.3 Å². The molecule has 0 saturated carbocycles. The number of halogens is 1. The van der Waals surface area contributed by atoms with Gasteiger partial charge in [-0.15, -0.1) is 0 Å². The lowest BCUT2D eigenvalue weighted by Gasteiger charge is -2.38. The summed E-state index contributed by atoms with van der Waals surface area (Å²) in [5, 5.41) is 17.0. The Bertz CT molecular complexity index is 1630. The minimum absolute atomic E-state index is 0.115. The number of piperazine rings is 1. The number of ether oxygens (including phenoxy) is 1. The van der Waals surface area contributed by atoms with Crippen molar-refractivity contribution < 1.29 is 4.74 Å². The van der Waals surface area contributed by atoms with Gasteiger partial charge in [-0.3, -0.25) is 0 Å². The Kier molecular flexibility index (Phi) is 7.36. The van der Waals surface area contributed by atoms with Gasteiger partial charge in [0.2, 0.25) is 5.88 Å². The average Bonchev–Trinajstić information content (AvgIpc) is 3.71. The maximum absolute atomic E-state index is 10.5. The van der Waals surface area contributed by atoms with Crippen LogP contribution in [0, 0.1) is 11.3 Å². The molecule has 3 aliphatic heterocycles. The van der Waals surface area contributed by atoms with E-state index in [1.54, 1.807) is 6.33 Å². The summed E-state index contributed by atoms with van der Waals surface area (Å²) < 4.78 is 6.44. The van der Waals surface area contributed by atoms with Crippen molar-refractivity contribution in [3.05, 3.63) is 76.3 Å². The second-order valence-corrected chi connectivity index (χ2v) is 11.9. The molecule has 0 amide bonds. The third kappa shape index (κ3) is 4.94. The van der Waals surface area contributed by atoms with Crippen LogP contribution in [-0.2, 0) is 13.0 Å². The van der Waals surface area contributed by atoms with Crippen LogP contribution >= 0.6 is 11.6 Å². The number of rotatable bonds is 6. The summed E-state index contributed by atoms with van der Waals surface area (Å²) in [6, 6.07) is 15.3. The van der Waals surface area contributed by atoms with Gasteiger partial charge in [-0.05, 0) is 50.4 Å². The zero-order valence-corrected chi connectivity index (χ0v) is 24.6. The number of likely N-dealkylation sites (N-methyl/N-ethyl adjacent to an activating group) is 1. The number of aromatic nitrogens is 3. The monoisotopic (exact) mass is 582 g/mol. The van der Waals surface area contributed by atoms with Gasteiger partial charge in [0.25, 0.3) is 0 Å². The van der Waals surface area contributed by atoms with Gasteiger partial charge >= 0.3 is 0 Å². The highest BCUT2D eigenvalue weighted by atomic mass is 35.5. The van der Waals surface area contributed by atoms with Crippen LogP contribution in [0.4, 0.5) is 11.5 Å². The standard InChI is InChI=1S/C32H35ClN8O/c1-39-12-4-7-22(39)19-42-32-24(15-34)25-17-40(29-9-3-6-21-5-2-8-26(33)30(21)29)13-10-23(25)31(38-32)41-14-11-36-28(18-41)27-16-35-20-37-27/h2-3,5-6,8-9,16,20,22,28,36H,4,7,10-14,17-19H2,1H3,(H,35,37)/t22-,28?/m0/s1. The molecule has 0 radical (unpaired) electrons. The first-order chi connectivity index (χ1) is 20.6. The third-order valence-electron chi connectivity index (χ3n) is 9.08. The number of aromatic amines is 1. The van der Waals surface area contributed by atoms with E-state index >= 15 is 0 Å². The summed E-state index contributed by atoms with van der Waals surface area (Å²) in [6.45, 7) is 5.39. The van der Waals surface area contributed by atoms with Gasteiger partial charge in [-0.25, -0.2) is 4.98 Å². The summed E-state index contributed by atoms with van der Waals surface area (Å²) in [7, 11) is 2.14. The lowest BCUT2D eigenvalue weighted by molar-refractivity contribution is 0.192. The van der Waals surface area contributed by atoms with E-state index in [9.17, 15) is 5.26 Å². The molecule has 3 aliphatic rings. The number of fused-ring (bicyclic) bond motifs is 2. The predicted octanol–water partition coefficient (Wildman–Crippen LogP) is 4.67. The van der Waals surface area contributed by atoms with E-state index in [2.05, 4.69) is 67.4 Å². The Hall–Kier alpha value is -3.84. The molecule has 0 spiro atoms. The van der Waals surface area contributed by atoms with Crippen molar-refractivity contribution >= 4 is 33.9 Å². The second kappa shape index (κ2) is 11.4. The first-order valence-electron chi connectivity index (χ1n) is 14.8. The quantitative estimate of drug-likeness (QED) is 0.339. The highest BCUT2D eigenvalue weighted by molar-refractivity contribution is 6.36. The van der Waals surface area contributed by atoms with E-state index < -0.39 is 0 Å². The number of hydrogen-bond acceptors (Lipinski definition) is 8. The van der Waals surface area contributed by atoms with Crippen molar-refractivity contribution in [3.63, 3.8) is 0 Å². The summed E-state index contributed by atoms with van der Waals surface area (Å²) in [5.41, 5.74) is 4.84. The summed E-state index contributed by atoms with van der Waals surface area (Å²) in [5.74, 6) is 1.38. The van der Waals surface area contributed by atoms with E-state index in [1.807, 2.05) is 18.3 Å². The Morgan fingerprint density at radius 3 is 2.79 bits per heavy atom. The van der Waals surface area contributed by atoms with Crippen LogP contribution in [0.3, 0.4) is 0 Å². The Morgan fingerprint density at radius 2 is 2.00 bits per heavy atom. The molecule has 1 unspecified atom stereocenters. The molecule has 2 fully saturated rings. The SMILES string of the molecule is CN1CCC[C@H]1COc1nc(N2CCNC(c3cnc[nH]3)C2)c2c(c1C#N)CN(c1cccc3cccc(Cl)c13)CC2. The molecule has 0 aliphatic carbocycles. The van der Waals surface area contributed by atoms with Crippen LogP contribution in [0.1, 0.15) is 41.3 Å². The van der Waals surface area contributed by atoms with Gasteiger partial charge in [0.05, 0.1) is 23.1 Å². The number of likely N-dealkylation sites (tertiary alicyclic amines) is 1. The fourth-order valence-corrected chi connectivity index (χ4v) is 7.07. The fourth-order valence-electron chi connectivity index (χ4n) is 6.79. The largest absolute Gasteiger partial charge is 0.475 e. The smallest absolute Gasteiger partial charge is 0.234 e. The molecule has 0 bridgehead atoms. The molecule has 2 atom stereocenters. The first kappa shape index (κ1) is 27.0. The van der Waals surface area contributed by atoms with Gasteiger partial charge in [0.15, 0.2) is 0 Å². The van der Waals surface area contributed by atoms with Crippen molar-refractivity contribution in [2.45, 2.75) is 37.9 Å². The number of H-pyrrole nitrogens is 1. The minimum atomic E-state index is 0.115. The maximum Gasteiger partial charge on any atom is 0.234 e. The molecule has 5 heterocycles. The van der Waals surface area contributed by atoms with Crippen molar-refractivity contribution in [1.29, 1.82) is 5.26 Å². The van der Waals surface area contributed by atoms with Crippen LogP contribution < -0.4 is 19.9 Å². The zero-order valence-electron chi connectivity index (χ0n) is 23.8. The molecule has 216 valence electrons. The fraction of sp³-hybridized carbons (Fsp3) is 0.406. The molecule has 4 aromatic rings. The van der Waals surface area contributed by atoms with Crippen LogP contribution in [0.25, 0.3) is 10.8 Å². The first-order valence-corrected chi connectivity index (χ1v) is 15.2. The van der Waals surface area contributed by atoms with E-state index in [0.29, 0.717) is 30.6 Å². The third-order valence-corrected chi connectivity index (χ3v) is 9.39. The van der Waals surface area contributed by atoms with E-state index in [0.717, 1.165) is 96.1 Å². The van der Waals surface area contributed by atoms with Gasteiger partial charge in [0.1, 0.15) is 24.1 Å². The number of imidazole rings is 1. The van der Waals surface area contributed by atoms with Gasteiger partial charge in [0, 0.05) is 67.2 Å². The highest BCUT2D eigenvalue weighted by Gasteiger charge is 2.32. The Morgan fingerprint density at radius 1 is 1.12 bits per heavy atom. The number of nitriles is 1. The number of anilines is 2. The molecular weight excluding hydrogens is 548 g/mol.